The SMILES string of the molecule is CCc1ccccc1N=C1SC(=CC=Cc2ccc([N+](=O)[O-])o2)C(=O)N1c1ccccc1CC. The predicted octanol–water partition coefficient (Wildman–Crippen LogP) is 6.68. The van der Waals surface area contributed by atoms with Crippen LogP contribution >= 0.6 is 11.8 Å². The first-order valence-electron chi connectivity index (χ1n) is 10.9. The van der Waals surface area contributed by atoms with Crippen molar-refractivity contribution in [3.63, 3.8) is 0 Å². The molecule has 1 aliphatic heterocycles. The lowest BCUT2D eigenvalue weighted by molar-refractivity contribution is -0.402. The van der Waals surface area contributed by atoms with E-state index < -0.39 is 4.92 Å². The van der Waals surface area contributed by atoms with Crippen LogP contribution in [0.3, 0.4) is 0 Å². The summed E-state index contributed by atoms with van der Waals surface area (Å²) < 4.78 is 5.14. The molecule has 4 rings (SSSR count). The third kappa shape index (κ3) is 4.87. The summed E-state index contributed by atoms with van der Waals surface area (Å²) >= 11 is 1.30. The Labute approximate surface area is 201 Å². The summed E-state index contributed by atoms with van der Waals surface area (Å²) in [7, 11) is 0. The minimum atomic E-state index is -0.591. The molecule has 0 atom stereocenters. The number of carbonyl (C=O) groups is 1. The van der Waals surface area contributed by atoms with Gasteiger partial charge in [-0.1, -0.05) is 56.3 Å². The highest BCUT2D eigenvalue weighted by Gasteiger charge is 2.35. The Balaban J connectivity index is 1.72. The van der Waals surface area contributed by atoms with Gasteiger partial charge in [-0.2, -0.15) is 0 Å². The number of rotatable bonds is 7. The Morgan fingerprint density at radius 3 is 2.44 bits per heavy atom. The van der Waals surface area contributed by atoms with Gasteiger partial charge < -0.3 is 4.42 Å². The molecule has 7 nitrogen and oxygen atoms in total. The maximum absolute atomic E-state index is 13.5. The van der Waals surface area contributed by atoms with Gasteiger partial charge in [0.25, 0.3) is 5.91 Å². The Morgan fingerprint density at radius 1 is 1.03 bits per heavy atom. The number of para-hydroxylation sites is 2. The van der Waals surface area contributed by atoms with Crippen LogP contribution in [0.2, 0.25) is 0 Å². The summed E-state index contributed by atoms with van der Waals surface area (Å²) in [4.78, 5) is 30.7. The summed E-state index contributed by atoms with van der Waals surface area (Å²) in [5.74, 6) is -0.170. The number of amidine groups is 1. The molecule has 1 aliphatic rings. The largest absolute Gasteiger partial charge is 0.433 e. The zero-order valence-corrected chi connectivity index (χ0v) is 19.6. The van der Waals surface area contributed by atoms with Gasteiger partial charge in [0.1, 0.15) is 10.7 Å². The molecule has 1 fully saturated rings. The number of hydrogen-bond donors (Lipinski definition) is 0. The lowest BCUT2D eigenvalue weighted by Crippen LogP contribution is -2.29. The Bertz CT molecular complexity index is 1320. The molecule has 1 amide bonds. The smallest absolute Gasteiger partial charge is 0.401 e. The molecule has 3 aromatic rings. The number of allylic oxidation sites excluding steroid dienone is 2. The normalized spacial score (nSPS) is 16.3. The molecule has 0 aliphatic carbocycles. The molecule has 0 saturated carbocycles. The molecule has 0 bridgehead atoms. The van der Waals surface area contributed by atoms with Crippen molar-refractivity contribution in [1.29, 1.82) is 0 Å². The molecular weight excluding hydrogens is 450 g/mol. The standard InChI is InChI=1S/C26H23N3O4S/c1-3-18-10-5-7-13-21(18)27-26-28(22-14-8-6-11-19(22)4-2)25(30)23(34-26)15-9-12-20-16-17-24(33-20)29(31)32/h5-17H,3-4H2,1-2H3. The number of amides is 1. The second kappa shape index (κ2) is 10.4. The molecule has 172 valence electrons. The highest BCUT2D eigenvalue weighted by Crippen LogP contribution is 2.38. The number of hydrogen-bond acceptors (Lipinski definition) is 6. The third-order valence-corrected chi connectivity index (χ3v) is 6.30. The molecule has 0 radical (unpaired) electrons. The van der Waals surface area contributed by atoms with Gasteiger partial charge in [0.15, 0.2) is 5.17 Å². The maximum Gasteiger partial charge on any atom is 0.433 e. The Morgan fingerprint density at radius 2 is 1.74 bits per heavy atom. The number of nitrogens with zero attached hydrogens (tertiary/aromatic N) is 3. The van der Waals surface area contributed by atoms with Crippen LogP contribution in [0.1, 0.15) is 30.7 Å². The molecule has 2 aromatic carbocycles. The van der Waals surface area contributed by atoms with E-state index in [1.807, 2.05) is 48.5 Å². The van der Waals surface area contributed by atoms with Crippen LogP contribution in [-0.2, 0) is 17.6 Å². The highest BCUT2D eigenvalue weighted by atomic mass is 32.2. The van der Waals surface area contributed by atoms with Gasteiger partial charge >= 0.3 is 5.88 Å². The van der Waals surface area contributed by atoms with Crippen molar-refractivity contribution < 1.29 is 14.1 Å². The molecule has 0 N–H and O–H groups in total. The monoisotopic (exact) mass is 473 g/mol. The van der Waals surface area contributed by atoms with Crippen LogP contribution in [0.4, 0.5) is 17.3 Å². The molecule has 2 heterocycles. The van der Waals surface area contributed by atoms with Crippen LogP contribution < -0.4 is 4.90 Å². The fraction of sp³-hybridized carbons (Fsp3) is 0.154. The van der Waals surface area contributed by atoms with Crippen LogP contribution in [0, 0.1) is 10.1 Å². The first-order chi connectivity index (χ1) is 16.5. The Kier molecular flexibility index (Phi) is 7.08. The van der Waals surface area contributed by atoms with Crippen LogP contribution in [0.25, 0.3) is 6.08 Å². The van der Waals surface area contributed by atoms with Crippen LogP contribution in [0.5, 0.6) is 0 Å². The van der Waals surface area contributed by atoms with Crippen molar-refractivity contribution >= 4 is 46.2 Å². The predicted molar refractivity (Wildman–Crippen MR) is 136 cm³/mol. The molecule has 8 heteroatoms. The quantitative estimate of drug-likeness (QED) is 0.217. The number of thioether (sulfide) groups is 1. The molecular formula is C26H23N3O4S. The van der Waals surface area contributed by atoms with Gasteiger partial charge in [0.05, 0.1) is 22.3 Å². The van der Waals surface area contributed by atoms with Crippen molar-refractivity contribution in [3.8, 4) is 0 Å². The topological polar surface area (TPSA) is 89.0 Å². The minimum Gasteiger partial charge on any atom is -0.401 e. The van der Waals surface area contributed by atoms with E-state index in [0.717, 1.165) is 35.3 Å². The van der Waals surface area contributed by atoms with E-state index in [4.69, 9.17) is 9.41 Å². The first-order valence-corrected chi connectivity index (χ1v) is 11.7. The second-order valence-corrected chi connectivity index (χ2v) is 8.43. The number of furan rings is 1. The minimum absolute atomic E-state index is 0.172. The lowest BCUT2D eigenvalue weighted by Gasteiger charge is -2.19. The number of aliphatic imine (C=N–C) groups is 1. The summed E-state index contributed by atoms with van der Waals surface area (Å²) in [5, 5.41) is 11.4. The fourth-order valence-corrected chi connectivity index (χ4v) is 4.52. The number of anilines is 1. The van der Waals surface area contributed by atoms with Crippen molar-refractivity contribution in [3.05, 3.63) is 105 Å². The van der Waals surface area contributed by atoms with E-state index in [1.54, 1.807) is 23.1 Å². The summed E-state index contributed by atoms with van der Waals surface area (Å²) in [6.45, 7) is 4.13. The van der Waals surface area contributed by atoms with E-state index in [2.05, 4.69) is 13.8 Å². The lowest BCUT2D eigenvalue weighted by atomic mass is 10.1. The molecule has 1 aromatic heterocycles. The van der Waals surface area contributed by atoms with Crippen LogP contribution in [0.15, 0.2) is 87.1 Å². The van der Waals surface area contributed by atoms with Crippen molar-refractivity contribution in [2.45, 2.75) is 26.7 Å². The second-order valence-electron chi connectivity index (χ2n) is 7.42. The maximum atomic E-state index is 13.5. The highest BCUT2D eigenvalue weighted by molar-refractivity contribution is 8.19. The van der Waals surface area contributed by atoms with E-state index in [1.165, 1.54) is 23.9 Å². The number of aryl methyl sites for hydroxylation is 2. The number of nitro groups is 1. The van der Waals surface area contributed by atoms with Gasteiger partial charge in [0, 0.05) is 0 Å². The van der Waals surface area contributed by atoms with Crippen molar-refractivity contribution in [2.24, 2.45) is 4.99 Å². The van der Waals surface area contributed by atoms with Gasteiger partial charge in [-0.15, -0.1) is 0 Å². The van der Waals surface area contributed by atoms with Gasteiger partial charge in [-0.3, -0.25) is 19.8 Å². The zero-order valence-electron chi connectivity index (χ0n) is 18.8. The van der Waals surface area contributed by atoms with Crippen molar-refractivity contribution in [1.82, 2.24) is 0 Å². The average molecular weight is 474 g/mol. The van der Waals surface area contributed by atoms with E-state index in [-0.39, 0.29) is 11.8 Å². The van der Waals surface area contributed by atoms with Gasteiger partial charge in [0.2, 0.25) is 0 Å². The first kappa shape index (κ1) is 23.3. The molecule has 1 saturated heterocycles. The fourth-order valence-electron chi connectivity index (χ4n) is 3.59. The molecule has 0 spiro atoms. The zero-order chi connectivity index (χ0) is 24.1. The van der Waals surface area contributed by atoms with Gasteiger partial charge in [-0.05, 0) is 66.1 Å². The molecule has 34 heavy (non-hydrogen) atoms. The van der Waals surface area contributed by atoms with E-state index in [0.29, 0.717) is 15.8 Å². The van der Waals surface area contributed by atoms with Crippen LogP contribution in [-0.4, -0.2) is 16.0 Å². The Hall–Kier alpha value is -3.91. The summed E-state index contributed by atoms with van der Waals surface area (Å²) in [6, 6.07) is 18.5. The molecule has 0 unspecified atom stereocenters. The summed E-state index contributed by atoms with van der Waals surface area (Å²) in [5.41, 5.74) is 3.79. The average Bonchev–Trinajstić information content (AvgIpc) is 3.44. The summed E-state index contributed by atoms with van der Waals surface area (Å²) in [6.07, 6.45) is 6.52. The third-order valence-electron chi connectivity index (χ3n) is 5.31. The van der Waals surface area contributed by atoms with E-state index >= 15 is 0 Å². The number of carbonyl (C=O) groups excluding carboxylic acids is 1. The van der Waals surface area contributed by atoms with E-state index in [9.17, 15) is 14.9 Å². The van der Waals surface area contributed by atoms with Crippen molar-refractivity contribution in [2.75, 3.05) is 4.90 Å². The number of benzene rings is 2. The van der Waals surface area contributed by atoms with Gasteiger partial charge in [-0.25, -0.2) is 4.99 Å².